The number of hydrogen-bond acceptors (Lipinski definition) is 10. The Bertz CT molecular complexity index is 1460. The van der Waals surface area contributed by atoms with E-state index in [9.17, 15) is 34.8 Å². The number of aliphatic hydroxyl groups excluding tert-OH is 2. The molecule has 2 aromatic rings. The fourth-order valence-electron chi connectivity index (χ4n) is 6.18. The number of methoxy groups -OCH3 is 1. The van der Waals surface area contributed by atoms with Gasteiger partial charge in [-0.2, -0.15) is 0 Å². The Morgan fingerprint density at radius 3 is 2.45 bits per heavy atom. The molecule has 6 N–H and O–H groups in total. The van der Waals surface area contributed by atoms with Crippen LogP contribution in [0.3, 0.4) is 0 Å². The second-order valence-electron chi connectivity index (χ2n) is 10.0. The standard InChI is InChI=1S/C27H27N3O8/c1-30(2)21-15-9-12-8-14-13(11-4-7-17(38-3)29-10-11)5-6-16(31)19(14)22(32)18(12)24(34)27(15,37)25(35)20(23(21)33)26(28)36/h4-7,10,12,15,21,31,33-34,37H,8-9H2,1-3H3,(H2,28,36). The van der Waals surface area contributed by atoms with Gasteiger partial charge in [-0.1, -0.05) is 6.07 Å². The molecule has 0 bridgehead atoms. The summed E-state index contributed by atoms with van der Waals surface area (Å²) in [4.78, 5) is 44.9. The number of phenols is 1. The number of pyridine rings is 1. The lowest BCUT2D eigenvalue weighted by atomic mass is 9.58. The third-order valence-corrected chi connectivity index (χ3v) is 7.86. The zero-order chi connectivity index (χ0) is 27.7. The third kappa shape index (κ3) is 3.35. The number of Topliss-reactive ketones (excluding diaryl/α,β-unsaturated/α-hetero) is 2. The highest BCUT2D eigenvalue weighted by Crippen LogP contribution is 2.53. The van der Waals surface area contributed by atoms with Crippen LogP contribution in [0.1, 0.15) is 22.3 Å². The van der Waals surface area contributed by atoms with E-state index in [4.69, 9.17) is 10.5 Å². The minimum atomic E-state index is -2.67. The maximum Gasteiger partial charge on any atom is 0.255 e. The molecule has 1 aromatic carbocycles. The average molecular weight is 522 g/mol. The van der Waals surface area contributed by atoms with E-state index in [2.05, 4.69) is 4.98 Å². The van der Waals surface area contributed by atoms with E-state index in [1.165, 1.54) is 18.1 Å². The number of carbonyl (C=O) groups excluding carboxylic acids is 3. The summed E-state index contributed by atoms with van der Waals surface area (Å²) in [5.74, 6) is -6.44. The first-order valence-electron chi connectivity index (χ1n) is 11.9. The first-order valence-corrected chi connectivity index (χ1v) is 11.9. The Kier molecular flexibility index (Phi) is 5.80. The van der Waals surface area contributed by atoms with E-state index in [1.54, 1.807) is 38.5 Å². The highest BCUT2D eigenvalue weighted by atomic mass is 16.5. The summed E-state index contributed by atoms with van der Waals surface area (Å²) in [6, 6.07) is 5.40. The van der Waals surface area contributed by atoms with Crippen LogP contribution in [0.25, 0.3) is 11.1 Å². The number of hydrogen-bond donors (Lipinski definition) is 5. The molecule has 0 aliphatic heterocycles. The number of nitrogens with zero attached hydrogens (tertiary/aromatic N) is 2. The van der Waals surface area contributed by atoms with Crippen molar-refractivity contribution in [2.24, 2.45) is 17.6 Å². The summed E-state index contributed by atoms with van der Waals surface area (Å²) in [6.45, 7) is 0. The maximum absolute atomic E-state index is 13.8. The number of amides is 1. The molecule has 11 nitrogen and oxygen atoms in total. The van der Waals surface area contributed by atoms with Gasteiger partial charge >= 0.3 is 0 Å². The smallest absolute Gasteiger partial charge is 0.255 e. The molecule has 4 unspecified atom stereocenters. The van der Waals surface area contributed by atoms with E-state index in [1.807, 2.05) is 0 Å². The van der Waals surface area contributed by atoms with Crippen LogP contribution in [0.15, 0.2) is 53.1 Å². The number of primary amides is 1. The fourth-order valence-corrected chi connectivity index (χ4v) is 6.18. The maximum atomic E-state index is 13.8. The van der Waals surface area contributed by atoms with Crippen LogP contribution in [-0.4, -0.2) is 80.6 Å². The number of ether oxygens (including phenoxy) is 1. The van der Waals surface area contributed by atoms with Crippen LogP contribution in [0, 0.1) is 11.8 Å². The van der Waals surface area contributed by atoms with Crippen molar-refractivity contribution in [2.45, 2.75) is 24.5 Å². The number of benzene rings is 1. The van der Waals surface area contributed by atoms with E-state index in [0.29, 0.717) is 22.6 Å². The Morgan fingerprint density at radius 1 is 1.16 bits per heavy atom. The quantitative estimate of drug-likeness (QED) is 0.366. The predicted octanol–water partition coefficient (Wildman–Crippen LogP) is 1.19. The molecule has 1 heterocycles. The van der Waals surface area contributed by atoms with Gasteiger partial charge in [-0.15, -0.1) is 0 Å². The van der Waals surface area contributed by atoms with Crippen molar-refractivity contribution in [3.63, 3.8) is 0 Å². The average Bonchev–Trinajstić information content (AvgIpc) is 2.86. The molecule has 0 radical (unpaired) electrons. The molecular formula is C27H27N3O8. The number of nitrogens with two attached hydrogens (primary N) is 1. The molecule has 11 heteroatoms. The molecule has 4 atom stereocenters. The van der Waals surface area contributed by atoms with Gasteiger partial charge in [-0.25, -0.2) is 4.98 Å². The van der Waals surface area contributed by atoms with Crippen LogP contribution in [0.2, 0.25) is 0 Å². The summed E-state index contributed by atoms with van der Waals surface area (Å²) >= 11 is 0. The Labute approximate surface area is 217 Å². The molecule has 0 saturated heterocycles. The van der Waals surface area contributed by atoms with Crippen LogP contribution in [0.5, 0.6) is 11.6 Å². The normalized spacial score (nSPS) is 26.7. The van der Waals surface area contributed by atoms with Gasteiger partial charge in [0.15, 0.2) is 11.4 Å². The van der Waals surface area contributed by atoms with Gasteiger partial charge in [-0.05, 0) is 56.1 Å². The van der Waals surface area contributed by atoms with Gasteiger partial charge in [0.05, 0.1) is 18.7 Å². The number of aromatic nitrogens is 1. The third-order valence-electron chi connectivity index (χ3n) is 7.86. The van der Waals surface area contributed by atoms with Crippen molar-refractivity contribution in [3.05, 3.63) is 64.3 Å². The summed E-state index contributed by atoms with van der Waals surface area (Å²) < 4.78 is 5.12. The number of aliphatic hydroxyl groups is 3. The summed E-state index contributed by atoms with van der Waals surface area (Å²) in [5.41, 5.74) is 3.42. The Balaban J connectivity index is 1.70. The monoisotopic (exact) mass is 521 g/mol. The number of fused-ring (bicyclic) bond motifs is 3. The molecule has 1 aromatic heterocycles. The summed E-state index contributed by atoms with van der Waals surface area (Å²) in [5, 5.41) is 44.5. The number of rotatable bonds is 4. The van der Waals surface area contributed by atoms with Crippen molar-refractivity contribution in [3.8, 4) is 22.8 Å². The fraction of sp³-hybridized carbons (Fsp3) is 0.333. The number of allylic oxidation sites excluding steroid dienone is 1. The molecule has 198 valence electrons. The van der Waals surface area contributed by atoms with Crippen molar-refractivity contribution in [1.29, 1.82) is 0 Å². The lowest BCUT2D eigenvalue weighted by Crippen LogP contribution is -2.63. The van der Waals surface area contributed by atoms with Gasteiger partial charge in [0.2, 0.25) is 11.7 Å². The number of carbonyl (C=O) groups is 3. The molecular weight excluding hydrogens is 494 g/mol. The van der Waals surface area contributed by atoms with Crippen molar-refractivity contribution in [2.75, 3.05) is 21.2 Å². The SMILES string of the molecule is COc1ccc(-c2ccc(O)c3c2CC2CC4C(N(C)C)C(O)=C(C(N)=O)C(=O)C4(O)C(O)=C2C3=O)cn1. The predicted molar refractivity (Wildman–Crippen MR) is 133 cm³/mol. The van der Waals surface area contributed by atoms with Gasteiger partial charge in [0.1, 0.15) is 22.8 Å². The first kappa shape index (κ1) is 25.4. The van der Waals surface area contributed by atoms with Crippen LogP contribution in [0.4, 0.5) is 0 Å². The molecule has 0 fully saturated rings. The van der Waals surface area contributed by atoms with E-state index >= 15 is 0 Å². The van der Waals surface area contributed by atoms with Crippen LogP contribution in [-0.2, 0) is 16.0 Å². The topological polar surface area (TPSA) is 184 Å². The first-order chi connectivity index (χ1) is 17.9. The lowest BCUT2D eigenvalue weighted by molar-refractivity contribution is -0.148. The van der Waals surface area contributed by atoms with E-state index in [-0.39, 0.29) is 29.7 Å². The minimum Gasteiger partial charge on any atom is -0.510 e. The molecule has 1 amide bonds. The Hall–Kier alpha value is -4.22. The van der Waals surface area contributed by atoms with Gasteiger partial charge < -0.3 is 30.9 Å². The van der Waals surface area contributed by atoms with E-state index in [0.717, 1.165) is 0 Å². The molecule has 5 rings (SSSR count). The largest absolute Gasteiger partial charge is 0.510 e. The summed E-state index contributed by atoms with van der Waals surface area (Å²) in [6.07, 6.45) is 1.78. The molecule has 0 saturated carbocycles. The van der Waals surface area contributed by atoms with E-state index < -0.39 is 58.0 Å². The van der Waals surface area contributed by atoms with Crippen LogP contribution >= 0.6 is 0 Å². The molecule has 3 aliphatic rings. The highest BCUT2D eigenvalue weighted by molar-refractivity contribution is 6.24. The second kappa shape index (κ2) is 8.67. The van der Waals surface area contributed by atoms with Crippen molar-refractivity contribution >= 4 is 17.5 Å². The Morgan fingerprint density at radius 2 is 1.87 bits per heavy atom. The van der Waals surface area contributed by atoms with Crippen molar-refractivity contribution < 1.29 is 39.5 Å². The lowest BCUT2D eigenvalue weighted by Gasteiger charge is -2.50. The van der Waals surface area contributed by atoms with Crippen LogP contribution < -0.4 is 10.5 Å². The number of ketones is 2. The van der Waals surface area contributed by atoms with Gasteiger partial charge in [0, 0.05) is 29.3 Å². The number of likely N-dealkylation sites (N-methyl/N-ethyl adjacent to an activating group) is 1. The molecule has 3 aliphatic carbocycles. The molecule has 0 spiro atoms. The zero-order valence-electron chi connectivity index (χ0n) is 20.9. The number of phenolic OH excluding ortho intramolecular Hbond substituents is 1. The summed E-state index contributed by atoms with van der Waals surface area (Å²) in [7, 11) is 4.66. The van der Waals surface area contributed by atoms with Gasteiger partial charge in [-0.3, -0.25) is 19.3 Å². The van der Waals surface area contributed by atoms with Crippen molar-refractivity contribution in [1.82, 2.24) is 9.88 Å². The zero-order valence-corrected chi connectivity index (χ0v) is 20.9. The molecule has 38 heavy (non-hydrogen) atoms. The number of aromatic hydroxyl groups is 1. The minimum absolute atomic E-state index is 0.0156. The van der Waals surface area contributed by atoms with Gasteiger partial charge in [0.25, 0.3) is 5.91 Å². The highest BCUT2D eigenvalue weighted by Gasteiger charge is 2.63. The second-order valence-corrected chi connectivity index (χ2v) is 10.0.